The van der Waals surface area contributed by atoms with E-state index in [1.165, 1.54) is 0 Å². The summed E-state index contributed by atoms with van der Waals surface area (Å²) in [5.41, 5.74) is 5.46. The molecular formula is C33H39N5O4. The Labute approximate surface area is 246 Å². The van der Waals surface area contributed by atoms with E-state index in [2.05, 4.69) is 39.5 Å². The van der Waals surface area contributed by atoms with E-state index in [0.29, 0.717) is 45.0 Å². The number of benzene rings is 3. The average Bonchev–Trinajstić information content (AvgIpc) is 3.42. The van der Waals surface area contributed by atoms with Crippen molar-refractivity contribution < 1.29 is 19.1 Å². The number of hydrogen-bond acceptors (Lipinski definition) is 7. The van der Waals surface area contributed by atoms with E-state index in [9.17, 15) is 9.59 Å². The summed E-state index contributed by atoms with van der Waals surface area (Å²) in [5, 5.41) is 11.0. The van der Waals surface area contributed by atoms with Crippen molar-refractivity contribution in [3.05, 3.63) is 70.8 Å². The predicted molar refractivity (Wildman–Crippen MR) is 162 cm³/mol. The largest absolute Gasteiger partial charge is 0.465 e. The molecule has 5 aliphatic rings. The van der Waals surface area contributed by atoms with Crippen LogP contribution in [0.5, 0.6) is 0 Å². The molecule has 3 aromatic carbocycles. The Morgan fingerprint density at radius 3 is 2.57 bits per heavy atom. The zero-order chi connectivity index (χ0) is 29.2. The Kier molecular flexibility index (Phi) is 8.22. The predicted octanol–water partition coefficient (Wildman–Crippen LogP) is 4.40. The molecule has 220 valence electrons. The van der Waals surface area contributed by atoms with Gasteiger partial charge in [0.25, 0.3) is 5.91 Å². The van der Waals surface area contributed by atoms with Crippen LogP contribution in [-0.2, 0) is 20.8 Å². The normalized spacial score (nSPS) is 19.9. The fourth-order valence-electron chi connectivity index (χ4n) is 6.04. The smallest absolute Gasteiger partial charge is 0.306 e. The molecule has 0 spiro atoms. The molecule has 0 N–H and O–H groups in total. The summed E-state index contributed by atoms with van der Waals surface area (Å²) in [6.45, 7) is 12.2. The van der Waals surface area contributed by atoms with Gasteiger partial charge in [-0.25, -0.2) is 4.68 Å². The minimum Gasteiger partial charge on any atom is -0.465 e. The van der Waals surface area contributed by atoms with Crippen LogP contribution in [0.2, 0.25) is 0 Å². The van der Waals surface area contributed by atoms with Gasteiger partial charge in [-0.3, -0.25) is 14.5 Å². The Morgan fingerprint density at radius 1 is 0.976 bits per heavy atom. The summed E-state index contributed by atoms with van der Waals surface area (Å²) in [6, 6.07) is 16.3. The van der Waals surface area contributed by atoms with Gasteiger partial charge in [-0.2, -0.15) is 0 Å². The second kappa shape index (κ2) is 12.2. The van der Waals surface area contributed by atoms with Gasteiger partial charge in [0.05, 0.1) is 38.3 Å². The van der Waals surface area contributed by atoms with Crippen LogP contribution in [0.1, 0.15) is 53.2 Å². The standard InChI is InChI=1S/C33H39N5O4/c1-22(2)21-42-31(39)20-29-25-6-4-24-5-7-26(19-27(24)18-25)33(40)37-12-10-36(11-13-37)14-16-41-17-15-38-30-9-8-28(29)23(3)32(30)34-35-38/h4-9,18-19,22,29H,10-17,20-21H2,1-3H3. The van der Waals surface area contributed by atoms with Crippen LogP contribution in [0.15, 0.2) is 48.5 Å². The molecule has 9 nitrogen and oxygen atoms in total. The first-order valence-corrected chi connectivity index (χ1v) is 15.0. The maximum absolute atomic E-state index is 13.5. The van der Waals surface area contributed by atoms with E-state index in [1.54, 1.807) is 0 Å². The zero-order valence-corrected chi connectivity index (χ0v) is 24.7. The SMILES string of the molecule is Cc1c2ccc3c1nnn3CCOCCN1CCN(CC1)C(=O)c1ccc3ccc(cc3c1)C2CC(=O)OCC(C)C. The molecule has 5 aliphatic heterocycles. The van der Waals surface area contributed by atoms with Gasteiger partial charge in [-0.05, 0) is 58.5 Å². The zero-order valence-electron chi connectivity index (χ0n) is 24.7. The lowest BCUT2D eigenvalue weighted by Gasteiger charge is -2.34. The quantitative estimate of drug-likeness (QED) is 0.337. The van der Waals surface area contributed by atoms with E-state index >= 15 is 0 Å². The maximum Gasteiger partial charge on any atom is 0.306 e. The number of aryl methyl sites for hydroxylation is 1. The number of ether oxygens (including phenoxy) is 2. The minimum atomic E-state index is -0.242. The van der Waals surface area contributed by atoms with Gasteiger partial charge in [0.15, 0.2) is 0 Å². The number of rotatable bonds is 4. The molecule has 1 saturated heterocycles. The Morgan fingerprint density at radius 2 is 1.76 bits per heavy atom. The highest BCUT2D eigenvalue weighted by atomic mass is 16.5. The molecule has 1 unspecified atom stereocenters. The highest BCUT2D eigenvalue weighted by Gasteiger charge is 2.25. The van der Waals surface area contributed by atoms with Crippen LogP contribution in [-0.4, -0.2) is 89.2 Å². The van der Waals surface area contributed by atoms with E-state index < -0.39 is 0 Å². The van der Waals surface area contributed by atoms with Crippen molar-refractivity contribution in [3.8, 4) is 0 Å². The number of nitrogens with zero attached hydrogens (tertiary/aromatic N) is 5. The first kappa shape index (κ1) is 28.3. The highest BCUT2D eigenvalue weighted by molar-refractivity contribution is 5.99. The number of esters is 1. The lowest BCUT2D eigenvalue weighted by molar-refractivity contribution is -0.145. The van der Waals surface area contributed by atoms with Crippen molar-refractivity contribution in [2.45, 2.75) is 39.7 Å². The molecule has 9 bridgehead atoms. The van der Waals surface area contributed by atoms with Crippen molar-refractivity contribution in [3.63, 3.8) is 0 Å². The summed E-state index contributed by atoms with van der Waals surface area (Å²) in [4.78, 5) is 30.9. The van der Waals surface area contributed by atoms with Gasteiger partial charge in [0.2, 0.25) is 0 Å². The van der Waals surface area contributed by atoms with Crippen LogP contribution >= 0.6 is 0 Å². The van der Waals surface area contributed by atoms with Gasteiger partial charge >= 0.3 is 5.97 Å². The van der Waals surface area contributed by atoms with Crippen molar-refractivity contribution >= 4 is 33.7 Å². The highest BCUT2D eigenvalue weighted by Crippen LogP contribution is 2.35. The molecule has 4 aromatic rings. The van der Waals surface area contributed by atoms with E-state index in [1.807, 2.05) is 54.6 Å². The second-order valence-electron chi connectivity index (χ2n) is 11.9. The minimum absolute atomic E-state index is 0.0570. The summed E-state index contributed by atoms with van der Waals surface area (Å²) in [7, 11) is 0. The lowest BCUT2D eigenvalue weighted by atomic mass is 9.84. The second-order valence-corrected chi connectivity index (χ2v) is 11.9. The Balaban J connectivity index is 1.43. The molecule has 0 aliphatic carbocycles. The van der Waals surface area contributed by atoms with Gasteiger partial charge in [0.1, 0.15) is 5.52 Å². The summed E-state index contributed by atoms with van der Waals surface area (Å²) in [6.07, 6.45) is 0.204. The van der Waals surface area contributed by atoms with Crippen LogP contribution in [0.4, 0.5) is 0 Å². The lowest BCUT2D eigenvalue weighted by Crippen LogP contribution is -2.49. The number of carbonyl (C=O) groups excluding carboxylic acids is 2. The van der Waals surface area contributed by atoms with Gasteiger partial charge < -0.3 is 14.4 Å². The average molecular weight is 570 g/mol. The molecule has 9 rings (SSSR count). The Bertz CT molecular complexity index is 1610. The molecular weight excluding hydrogens is 530 g/mol. The first-order chi connectivity index (χ1) is 20.4. The molecule has 0 radical (unpaired) electrons. The summed E-state index contributed by atoms with van der Waals surface area (Å²) >= 11 is 0. The molecule has 1 atom stereocenters. The summed E-state index contributed by atoms with van der Waals surface area (Å²) < 4.78 is 13.5. The Hall–Kier alpha value is -3.82. The molecule has 1 aromatic heterocycles. The maximum atomic E-state index is 13.5. The third kappa shape index (κ3) is 5.89. The molecule has 1 amide bonds. The van der Waals surface area contributed by atoms with Crippen molar-refractivity contribution in [1.82, 2.24) is 24.8 Å². The van der Waals surface area contributed by atoms with Gasteiger partial charge in [0, 0.05) is 44.2 Å². The fourth-order valence-corrected chi connectivity index (χ4v) is 6.04. The fraction of sp³-hybridized carbons (Fsp3) is 0.455. The van der Waals surface area contributed by atoms with Crippen LogP contribution in [0, 0.1) is 12.8 Å². The van der Waals surface area contributed by atoms with Crippen LogP contribution in [0.25, 0.3) is 21.8 Å². The first-order valence-electron chi connectivity index (χ1n) is 15.0. The van der Waals surface area contributed by atoms with Crippen molar-refractivity contribution in [2.24, 2.45) is 5.92 Å². The van der Waals surface area contributed by atoms with Gasteiger partial charge in [-0.15, -0.1) is 5.10 Å². The van der Waals surface area contributed by atoms with Crippen LogP contribution in [0.3, 0.4) is 0 Å². The van der Waals surface area contributed by atoms with E-state index in [-0.39, 0.29) is 30.1 Å². The van der Waals surface area contributed by atoms with Crippen molar-refractivity contribution in [2.75, 3.05) is 52.5 Å². The number of amides is 1. The molecule has 9 heteroatoms. The number of hydrogen-bond donors (Lipinski definition) is 0. The molecule has 1 fully saturated rings. The molecule has 6 heterocycles. The number of piperazine rings is 1. The van der Waals surface area contributed by atoms with Gasteiger partial charge in [-0.1, -0.05) is 49.4 Å². The number of aromatic nitrogens is 3. The topological polar surface area (TPSA) is 89.8 Å². The summed E-state index contributed by atoms with van der Waals surface area (Å²) in [5.74, 6) is -0.161. The van der Waals surface area contributed by atoms with Crippen LogP contribution < -0.4 is 0 Å². The van der Waals surface area contributed by atoms with Crippen molar-refractivity contribution in [1.29, 1.82) is 0 Å². The van der Waals surface area contributed by atoms with E-state index in [4.69, 9.17) is 9.47 Å². The monoisotopic (exact) mass is 569 g/mol. The third-order valence-corrected chi connectivity index (χ3v) is 8.48. The number of carbonyl (C=O) groups is 2. The third-order valence-electron chi connectivity index (χ3n) is 8.48. The molecule has 42 heavy (non-hydrogen) atoms. The molecule has 0 saturated carbocycles. The van der Waals surface area contributed by atoms with E-state index in [0.717, 1.165) is 58.1 Å².